The van der Waals surface area contributed by atoms with E-state index in [1.54, 1.807) is 18.2 Å². The first-order valence-electron chi connectivity index (χ1n) is 12.4. The van der Waals surface area contributed by atoms with E-state index in [1.807, 2.05) is 30.3 Å². The average molecular weight is 486 g/mol. The number of halogens is 1. The van der Waals surface area contributed by atoms with Gasteiger partial charge in [-0.3, -0.25) is 4.79 Å². The molecule has 2 atom stereocenters. The molecule has 0 spiro atoms. The van der Waals surface area contributed by atoms with E-state index in [4.69, 9.17) is 4.98 Å². The number of benzene rings is 3. The van der Waals surface area contributed by atoms with Crippen molar-refractivity contribution in [1.82, 2.24) is 20.6 Å². The minimum atomic E-state index is -0.439. The van der Waals surface area contributed by atoms with Crippen LogP contribution in [0.5, 0.6) is 5.75 Å². The Morgan fingerprint density at radius 3 is 2.64 bits per heavy atom. The second-order valence-electron chi connectivity index (χ2n) is 9.78. The third-order valence-corrected chi connectivity index (χ3v) is 7.21. The van der Waals surface area contributed by atoms with Gasteiger partial charge in [0.1, 0.15) is 22.9 Å². The van der Waals surface area contributed by atoms with Crippen molar-refractivity contribution in [3.05, 3.63) is 60.2 Å². The van der Waals surface area contributed by atoms with Crippen LogP contribution in [0.15, 0.2) is 48.5 Å². The summed E-state index contributed by atoms with van der Waals surface area (Å²) in [5.74, 6) is 0.750. The molecule has 2 fully saturated rings. The molecule has 1 amide bonds. The zero-order valence-electron chi connectivity index (χ0n) is 20.1. The van der Waals surface area contributed by atoms with E-state index < -0.39 is 5.82 Å². The van der Waals surface area contributed by atoms with Gasteiger partial charge < -0.3 is 20.6 Å². The highest BCUT2D eigenvalue weighted by atomic mass is 19.1. The number of hydrogen-bond donors (Lipinski definition) is 3. The summed E-state index contributed by atoms with van der Waals surface area (Å²) in [5.41, 5.74) is 1.26. The average Bonchev–Trinajstić information content (AvgIpc) is 3.20. The molecule has 0 radical (unpaired) electrons. The van der Waals surface area contributed by atoms with E-state index in [9.17, 15) is 9.90 Å². The lowest BCUT2D eigenvalue weighted by Gasteiger charge is -2.34. The fourth-order valence-corrected chi connectivity index (χ4v) is 5.59. The Bertz CT molecular complexity index is 1480. The fraction of sp³-hybridized carbons (Fsp3) is 0.321. The number of hydrogen-bond acceptors (Lipinski definition) is 6. The molecule has 3 aromatic carbocycles. The van der Waals surface area contributed by atoms with E-state index >= 15 is 4.39 Å². The number of nitrogens with zero attached hydrogens (tertiary/aromatic N) is 3. The molecule has 2 aliphatic heterocycles. The summed E-state index contributed by atoms with van der Waals surface area (Å²) in [5, 5.41) is 19.1. The molecule has 0 saturated carbocycles. The summed E-state index contributed by atoms with van der Waals surface area (Å²) >= 11 is 0. The highest BCUT2D eigenvalue weighted by molar-refractivity contribution is 6.01. The summed E-state index contributed by atoms with van der Waals surface area (Å²) < 4.78 is 16.3. The fourth-order valence-electron chi connectivity index (χ4n) is 5.59. The standard InChI is InChI=1S/C28H28FN5O2/c1-16(35)30-11-10-25-32-27-23(28(33-25)34-14-18-6-7-19(15-34)31-18)9-8-22(26(27)29)24-13-20(36)12-17-4-2-3-5-21(17)24/h2-5,8-9,12-13,18-19,31,36H,6-7,10-11,14-15H2,1H3,(H,30,35). The lowest BCUT2D eigenvalue weighted by Crippen LogP contribution is -2.51. The minimum Gasteiger partial charge on any atom is -0.508 e. The Hall–Kier alpha value is -3.78. The predicted octanol–water partition coefficient (Wildman–Crippen LogP) is 3.91. The lowest BCUT2D eigenvalue weighted by molar-refractivity contribution is -0.118. The first-order valence-corrected chi connectivity index (χ1v) is 12.4. The van der Waals surface area contributed by atoms with Gasteiger partial charge in [0.2, 0.25) is 5.91 Å². The molecule has 1 aromatic heterocycles. The third kappa shape index (κ3) is 4.11. The van der Waals surface area contributed by atoms with Crippen LogP contribution in [0, 0.1) is 5.82 Å². The van der Waals surface area contributed by atoms with Crippen molar-refractivity contribution in [1.29, 1.82) is 0 Å². The highest BCUT2D eigenvalue weighted by Gasteiger charge is 2.34. The third-order valence-electron chi connectivity index (χ3n) is 7.21. The number of phenolic OH excluding ortho intramolecular Hbond substituents is 1. The van der Waals surface area contributed by atoms with Crippen LogP contribution in [0.2, 0.25) is 0 Å². The summed E-state index contributed by atoms with van der Waals surface area (Å²) in [4.78, 5) is 23.1. The Morgan fingerprint density at radius 1 is 1.08 bits per heavy atom. The molecule has 2 unspecified atom stereocenters. The maximum absolute atomic E-state index is 16.3. The molecule has 7 nitrogen and oxygen atoms in total. The second kappa shape index (κ2) is 9.02. The van der Waals surface area contributed by atoms with Crippen LogP contribution in [-0.2, 0) is 11.2 Å². The molecule has 3 heterocycles. The smallest absolute Gasteiger partial charge is 0.216 e. The van der Waals surface area contributed by atoms with Gasteiger partial charge in [0.05, 0.1) is 0 Å². The van der Waals surface area contributed by atoms with E-state index in [2.05, 4.69) is 20.5 Å². The molecule has 184 valence electrons. The maximum Gasteiger partial charge on any atom is 0.216 e. The van der Waals surface area contributed by atoms with Crippen LogP contribution in [0.3, 0.4) is 0 Å². The Balaban J connectivity index is 1.50. The molecule has 3 N–H and O–H groups in total. The van der Waals surface area contributed by atoms with Crippen LogP contribution in [0.25, 0.3) is 32.8 Å². The van der Waals surface area contributed by atoms with E-state index in [0.717, 1.165) is 42.5 Å². The molecule has 4 aromatic rings. The Kier molecular flexibility index (Phi) is 5.68. The molecular formula is C28H28FN5O2. The second-order valence-corrected chi connectivity index (χ2v) is 9.78. The van der Waals surface area contributed by atoms with Crippen molar-refractivity contribution >= 4 is 33.4 Å². The van der Waals surface area contributed by atoms with Gasteiger partial charge in [-0.2, -0.15) is 0 Å². The summed E-state index contributed by atoms with van der Waals surface area (Å²) in [6, 6.07) is 15.4. The van der Waals surface area contributed by atoms with Crippen molar-refractivity contribution in [2.75, 3.05) is 24.5 Å². The molecular weight excluding hydrogens is 457 g/mol. The summed E-state index contributed by atoms with van der Waals surface area (Å²) in [6.45, 7) is 3.48. The number of carbonyl (C=O) groups excluding carboxylic acids is 1. The zero-order valence-corrected chi connectivity index (χ0v) is 20.1. The SMILES string of the molecule is CC(=O)NCCc1nc(N2CC3CCC(C2)N3)c2ccc(-c3cc(O)cc4ccccc34)c(F)c2n1. The number of fused-ring (bicyclic) bond motifs is 4. The highest BCUT2D eigenvalue weighted by Crippen LogP contribution is 2.38. The quantitative estimate of drug-likeness (QED) is 0.397. The van der Waals surface area contributed by atoms with Gasteiger partial charge >= 0.3 is 0 Å². The molecule has 36 heavy (non-hydrogen) atoms. The normalized spacial score (nSPS) is 19.2. The van der Waals surface area contributed by atoms with Gasteiger partial charge in [-0.05, 0) is 47.4 Å². The lowest BCUT2D eigenvalue weighted by atomic mass is 9.96. The molecule has 2 aliphatic rings. The van der Waals surface area contributed by atoms with Gasteiger partial charge in [-0.15, -0.1) is 0 Å². The van der Waals surface area contributed by atoms with E-state index in [1.165, 1.54) is 6.92 Å². The first-order chi connectivity index (χ1) is 17.5. The zero-order chi connectivity index (χ0) is 24.8. The summed E-state index contributed by atoms with van der Waals surface area (Å²) in [6.07, 6.45) is 2.66. The number of aromatic nitrogens is 2. The van der Waals surface area contributed by atoms with Crippen LogP contribution in [-0.4, -0.2) is 52.7 Å². The number of carbonyl (C=O) groups is 1. The van der Waals surface area contributed by atoms with Gasteiger partial charge in [0, 0.05) is 56.0 Å². The van der Waals surface area contributed by atoms with Crippen molar-refractivity contribution in [3.63, 3.8) is 0 Å². The van der Waals surface area contributed by atoms with Gasteiger partial charge in [0.15, 0.2) is 5.82 Å². The van der Waals surface area contributed by atoms with Crippen LogP contribution < -0.4 is 15.5 Å². The van der Waals surface area contributed by atoms with Gasteiger partial charge in [-0.25, -0.2) is 14.4 Å². The van der Waals surface area contributed by atoms with Gasteiger partial charge in [0.25, 0.3) is 0 Å². The molecule has 8 heteroatoms. The van der Waals surface area contributed by atoms with Crippen LogP contribution >= 0.6 is 0 Å². The summed E-state index contributed by atoms with van der Waals surface area (Å²) in [7, 11) is 0. The molecule has 6 rings (SSSR count). The molecule has 0 aliphatic carbocycles. The van der Waals surface area contributed by atoms with Crippen molar-refractivity contribution in [2.45, 2.75) is 38.3 Å². The Labute approximate surface area is 208 Å². The molecule has 2 saturated heterocycles. The van der Waals surface area contributed by atoms with Gasteiger partial charge in [-0.1, -0.05) is 30.3 Å². The number of nitrogens with one attached hydrogen (secondary N) is 2. The molecule has 2 bridgehead atoms. The number of aromatic hydroxyl groups is 1. The number of anilines is 1. The van der Waals surface area contributed by atoms with Crippen molar-refractivity contribution in [3.8, 4) is 16.9 Å². The minimum absolute atomic E-state index is 0.0823. The van der Waals surface area contributed by atoms with Crippen molar-refractivity contribution in [2.24, 2.45) is 0 Å². The van der Waals surface area contributed by atoms with E-state index in [0.29, 0.717) is 47.4 Å². The maximum atomic E-state index is 16.3. The number of piperazine rings is 1. The monoisotopic (exact) mass is 485 g/mol. The number of phenols is 1. The number of rotatable bonds is 5. The van der Waals surface area contributed by atoms with Crippen LogP contribution in [0.1, 0.15) is 25.6 Å². The Morgan fingerprint density at radius 2 is 1.86 bits per heavy atom. The largest absolute Gasteiger partial charge is 0.508 e. The number of amides is 1. The predicted molar refractivity (Wildman–Crippen MR) is 139 cm³/mol. The topological polar surface area (TPSA) is 90.4 Å². The van der Waals surface area contributed by atoms with Crippen molar-refractivity contribution < 1.29 is 14.3 Å². The van der Waals surface area contributed by atoms with E-state index in [-0.39, 0.29) is 17.2 Å². The van der Waals surface area contributed by atoms with Crippen LogP contribution in [0.4, 0.5) is 10.2 Å². The first kappa shape index (κ1) is 22.7.